The van der Waals surface area contributed by atoms with Crippen molar-refractivity contribution in [3.63, 3.8) is 0 Å². The van der Waals surface area contributed by atoms with Gasteiger partial charge < -0.3 is 5.11 Å². The van der Waals surface area contributed by atoms with Gasteiger partial charge in [-0.05, 0) is 25.0 Å². The Hall–Kier alpha value is -0.470. The van der Waals surface area contributed by atoms with Gasteiger partial charge in [-0.1, -0.05) is 6.42 Å². The normalized spacial score (nSPS) is 18.1. The van der Waals surface area contributed by atoms with Crippen LogP contribution in [0.5, 0.6) is 0 Å². The summed E-state index contributed by atoms with van der Waals surface area (Å²) in [6, 6.07) is 3.35. The first-order valence-electron chi connectivity index (χ1n) is 6.09. The molecule has 0 saturated carbocycles. The molecule has 0 amide bonds. The second-order valence-electron chi connectivity index (χ2n) is 4.34. The second-order valence-corrected chi connectivity index (χ2v) is 7.39. The number of hydrazine groups is 1. The molecule has 0 unspecified atom stereocenters. The molecule has 1 aliphatic heterocycles. The standard InChI is InChI=1S/C11H18N2O3S2/c14-9-6-10-4-5-11(17-10)18(15,16)12-13-7-2-1-3-8-13/h4-5,12,14H,1-3,6-9H2. The van der Waals surface area contributed by atoms with Crippen molar-refractivity contribution in [1.29, 1.82) is 0 Å². The van der Waals surface area contributed by atoms with Crippen LogP contribution in [-0.2, 0) is 16.4 Å². The summed E-state index contributed by atoms with van der Waals surface area (Å²) in [6.07, 6.45) is 3.73. The van der Waals surface area contributed by atoms with Gasteiger partial charge in [-0.15, -0.1) is 16.2 Å². The lowest BCUT2D eigenvalue weighted by Crippen LogP contribution is -2.44. The zero-order valence-corrected chi connectivity index (χ0v) is 11.8. The van der Waals surface area contributed by atoms with Crippen molar-refractivity contribution in [1.82, 2.24) is 9.84 Å². The van der Waals surface area contributed by atoms with E-state index < -0.39 is 10.0 Å². The number of aliphatic hydroxyl groups excluding tert-OH is 1. The van der Waals surface area contributed by atoms with E-state index in [2.05, 4.69) is 4.83 Å². The van der Waals surface area contributed by atoms with Crippen LogP contribution in [0.3, 0.4) is 0 Å². The Morgan fingerprint density at radius 2 is 2.00 bits per heavy atom. The predicted octanol–water partition coefficient (Wildman–Crippen LogP) is 0.962. The molecule has 1 aliphatic rings. The molecule has 0 radical (unpaired) electrons. The van der Waals surface area contributed by atoms with Crippen LogP contribution in [0.4, 0.5) is 0 Å². The molecular weight excluding hydrogens is 272 g/mol. The number of thiophene rings is 1. The SMILES string of the molecule is O=S(=O)(NN1CCCCC1)c1ccc(CCO)s1. The van der Waals surface area contributed by atoms with Crippen LogP contribution in [0.1, 0.15) is 24.1 Å². The van der Waals surface area contributed by atoms with Crippen molar-refractivity contribution < 1.29 is 13.5 Å². The fourth-order valence-corrected chi connectivity index (χ4v) is 4.40. The Balaban J connectivity index is 2.04. The highest BCUT2D eigenvalue weighted by Crippen LogP contribution is 2.22. The van der Waals surface area contributed by atoms with E-state index >= 15 is 0 Å². The Morgan fingerprint density at radius 1 is 1.28 bits per heavy atom. The summed E-state index contributed by atoms with van der Waals surface area (Å²) in [5, 5.41) is 10.6. The lowest BCUT2D eigenvalue weighted by atomic mass is 10.2. The van der Waals surface area contributed by atoms with Crippen molar-refractivity contribution in [3.05, 3.63) is 17.0 Å². The zero-order valence-electron chi connectivity index (χ0n) is 10.1. The van der Waals surface area contributed by atoms with Crippen molar-refractivity contribution in [2.24, 2.45) is 0 Å². The van der Waals surface area contributed by atoms with Crippen molar-refractivity contribution in [2.45, 2.75) is 29.9 Å². The third kappa shape index (κ3) is 3.52. The summed E-state index contributed by atoms with van der Waals surface area (Å²) in [6.45, 7) is 1.59. The Kier molecular flexibility index (Phi) is 4.74. The maximum absolute atomic E-state index is 12.1. The first kappa shape index (κ1) is 14.0. The Bertz CT molecular complexity index is 478. The third-order valence-electron chi connectivity index (χ3n) is 2.87. The van der Waals surface area contributed by atoms with Crippen molar-refractivity contribution in [2.75, 3.05) is 19.7 Å². The highest BCUT2D eigenvalue weighted by molar-refractivity contribution is 7.91. The van der Waals surface area contributed by atoms with Gasteiger partial charge in [-0.2, -0.15) is 0 Å². The number of nitrogens with one attached hydrogen (secondary N) is 1. The second kappa shape index (κ2) is 6.12. The molecule has 0 aromatic carbocycles. The maximum atomic E-state index is 12.1. The molecule has 7 heteroatoms. The highest BCUT2D eigenvalue weighted by Gasteiger charge is 2.21. The fourth-order valence-electron chi connectivity index (χ4n) is 1.95. The van der Waals surface area contributed by atoms with Gasteiger partial charge in [0.1, 0.15) is 4.21 Å². The van der Waals surface area contributed by atoms with Gasteiger partial charge >= 0.3 is 0 Å². The van der Waals surface area contributed by atoms with E-state index in [0.717, 1.165) is 37.2 Å². The minimum absolute atomic E-state index is 0.0412. The molecule has 0 bridgehead atoms. The average Bonchev–Trinajstić information content (AvgIpc) is 2.80. The largest absolute Gasteiger partial charge is 0.396 e. The molecule has 0 spiro atoms. The molecule has 102 valence electrons. The summed E-state index contributed by atoms with van der Waals surface area (Å²) in [4.78, 5) is 3.51. The number of rotatable bonds is 5. The summed E-state index contributed by atoms with van der Waals surface area (Å²) in [5.74, 6) is 0. The zero-order chi connectivity index (χ0) is 13.0. The van der Waals surface area contributed by atoms with Crippen LogP contribution in [0.25, 0.3) is 0 Å². The number of nitrogens with zero attached hydrogens (tertiary/aromatic N) is 1. The Labute approximate surface area is 111 Å². The third-order valence-corrected chi connectivity index (χ3v) is 5.88. The van der Waals surface area contributed by atoms with E-state index in [0.29, 0.717) is 10.6 Å². The topological polar surface area (TPSA) is 69.6 Å². The van der Waals surface area contributed by atoms with Gasteiger partial charge in [0.15, 0.2) is 0 Å². The monoisotopic (exact) mass is 290 g/mol. The van der Waals surface area contributed by atoms with Gasteiger partial charge in [-0.3, -0.25) is 0 Å². The summed E-state index contributed by atoms with van der Waals surface area (Å²) in [7, 11) is -3.44. The van der Waals surface area contributed by atoms with Gasteiger partial charge in [0, 0.05) is 31.0 Å². The molecule has 2 heterocycles. The van der Waals surface area contributed by atoms with E-state index in [1.54, 1.807) is 17.1 Å². The van der Waals surface area contributed by atoms with E-state index in [-0.39, 0.29) is 6.61 Å². The Morgan fingerprint density at radius 3 is 2.67 bits per heavy atom. The summed E-state index contributed by atoms with van der Waals surface area (Å²) in [5.41, 5.74) is 0. The maximum Gasteiger partial charge on any atom is 0.262 e. The van der Waals surface area contributed by atoms with Gasteiger partial charge in [-0.25, -0.2) is 13.4 Å². The molecule has 1 aromatic rings. The van der Waals surface area contributed by atoms with Gasteiger partial charge in [0.05, 0.1) is 0 Å². The molecule has 2 rings (SSSR count). The first-order chi connectivity index (χ1) is 8.62. The van der Waals surface area contributed by atoms with Crippen LogP contribution in [0.2, 0.25) is 0 Å². The molecule has 1 saturated heterocycles. The quantitative estimate of drug-likeness (QED) is 0.847. The smallest absolute Gasteiger partial charge is 0.262 e. The number of sulfonamides is 1. The van der Waals surface area contributed by atoms with Crippen LogP contribution in [-0.4, -0.2) is 38.2 Å². The van der Waals surface area contributed by atoms with Crippen LogP contribution in [0.15, 0.2) is 16.3 Å². The van der Waals surface area contributed by atoms with Gasteiger partial charge in [0.2, 0.25) is 0 Å². The average molecular weight is 290 g/mol. The van der Waals surface area contributed by atoms with E-state index in [1.807, 2.05) is 0 Å². The minimum atomic E-state index is -3.44. The molecule has 2 N–H and O–H groups in total. The molecule has 1 fully saturated rings. The van der Waals surface area contributed by atoms with Gasteiger partial charge in [0.25, 0.3) is 10.0 Å². The molecule has 18 heavy (non-hydrogen) atoms. The first-order valence-corrected chi connectivity index (χ1v) is 8.39. The fraction of sp³-hybridized carbons (Fsp3) is 0.636. The molecule has 1 aromatic heterocycles. The van der Waals surface area contributed by atoms with E-state index in [1.165, 1.54) is 11.3 Å². The number of hydrogen-bond donors (Lipinski definition) is 2. The van der Waals surface area contributed by atoms with Crippen LogP contribution in [0, 0.1) is 0 Å². The van der Waals surface area contributed by atoms with E-state index in [4.69, 9.17) is 5.11 Å². The van der Waals surface area contributed by atoms with Crippen LogP contribution < -0.4 is 4.83 Å². The van der Waals surface area contributed by atoms with E-state index in [9.17, 15) is 8.42 Å². The summed E-state index contributed by atoms with van der Waals surface area (Å²) >= 11 is 1.22. The summed E-state index contributed by atoms with van der Waals surface area (Å²) < 4.78 is 24.5. The lowest BCUT2D eigenvalue weighted by Gasteiger charge is -2.26. The molecule has 5 nitrogen and oxygen atoms in total. The number of hydrogen-bond acceptors (Lipinski definition) is 5. The van der Waals surface area contributed by atoms with Crippen molar-refractivity contribution >= 4 is 21.4 Å². The highest BCUT2D eigenvalue weighted by atomic mass is 32.2. The predicted molar refractivity (Wildman–Crippen MR) is 70.9 cm³/mol. The molecule has 0 atom stereocenters. The minimum Gasteiger partial charge on any atom is -0.396 e. The van der Waals surface area contributed by atoms with Crippen molar-refractivity contribution in [3.8, 4) is 0 Å². The molecular formula is C11H18N2O3S2. The molecule has 0 aliphatic carbocycles. The number of piperidine rings is 1. The lowest BCUT2D eigenvalue weighted by molar-refractivity contribution is 0.200. The van der Waals surface area contributed by atoms with Crippen LogP contribution >= 0.6 is 11.3 Å². The number of aliphatic hydroxyl groups is 1.